The molecule has 0 unspecified atom stereocenters. The lowest BCUT2D eigenvalue weighted by Gasteiger charge is -2.20. The summed E-state index contributed by atoms with van der Waals surface area (Å²) in [6.07, 6.45) is 5.80. The first-order chi connectivity index (χ1) is 20.2. The van der Waals surface area contributed by atoms with Crippen molar-refractivity contribution in [2.24, 2.45) is 0 Å². The largest absolute Gasteiger partial charge is 0.228 e. The SMILES string of the molecule is O=S1(=O)Cc2cc3ccc2CCc2ccc(cc2CS(=O)(=O)Cc2cc4ccc2CCc2ccc(cc2C1)CC4)CC3. The van der Waals surface area contributed by atoms with Gasteiger partial charge < -0.3 is 0 Å². The lowest BCUT2D eigenvalue weighted by Crippen LogP contribution is -2.15. The second-order valence-electron chi connectivity index (χ2n) is 12.5. The van der Waals surface area contributed by atoms with Gasteiger partial charge in [-0.3, -0.25) is 0 Å². The minimum atomic E-state index is -3.43. The van der Waals surface area contributed by atoms with E-state index in [1.807, 2.05) is 0 Å². The Balaban J connectivity index is 1.39. The number of hydrogen-bond acceptors (Lipinski definition) is 4. The van der Waals surface area contributed by atoms with Gasteiger partial charge in [0.05, 0.1) is 23.0 Å². The molecule has 42 heavy (non-hydrogen) atoms. The molecule has 1 aliphatic heterocycles. The molecule has 13 rings (SSSR count). The molecule has 4 aromatic rings. The van der Waals surface area contributed by atoms with Crippen LogP contribution in [0.1, 0.15) is 66.8 Å². The molecular formula is C36H36O4S2. The van der Waals surface area contributed by atoms with Gasteiger partial charge in [0.15, 0.2) is 19.7 Å². The number of aryl methyl sites for hydroxylation is 8. The van der Waals surface area contributed by atoms with Gasteiger partial charge in [0.2, 0.25) is 0 Å². The highest BCUT2D eigenvalue weighted by atomic mass is 32.2. The smallest absolute Gasteiger partial charge is 0.158 e. The average molecular weight is 597 g/mol. The van der Waals surface area contributed by atoms with Crippen LogP contribution in [0.5, 0.6) is 0 Å². The Hall–Kier alpha value is -3.22. The highest BCUT2D eigenvalue weighted by Crippen LogP contribution is 2.29. The lowest BCUT2D eigenvalue weighted by molar-refractivity contribution is 0.591. The van der Waals surface area contributed by atoms with E-state index in [1.54, 1.807) is 0 Å². The summed E-state index contributed by atoms with van der Waals surface area (Å²) in [5, 5.41) is 0. The Kier molecular flexibility index (Phi) is 7.10. The maximum atomic E-state index is 13.9. The Morgan fingerprint density at radius 2 is 0.548 bits per heavy atom. The maximum Gasteiger partial charge on any atom is 0.158 e. The van der Waals surface area contributed by atoms with E-state index in [4.69, 9.17) is 0 Å². The average Bonchev–Trinajstić information content (AvgIpc) is 2.92. The molecule has 12 bridgehead atoms. The van der Waals surface area contributed by atoms with Gasteiger partial charge in [-0.05, 0) is 118 Å². The minimum Gasteiger partial charge on any atom is -0.228 e. The summed E-state index contributed by atoms with van der Waals surface area (Å²) in [4.78, 5) is 0. The summed E-state index contributed by atoms with van der Waals surface area (Å²) in [5.41, 5.74) is 12.1. The zero-order valence-electron chi connectivity index (χ0n) is 23.9. The molecule has 0 amide bonds. The zero-order valence-corrected chi connectivity index (χ0v) is 25.5. The van der Waals surface area contributed by atoms with Crippen molar-refractivity contribution < 1.29 is 16.8 Å². The standard InChI is InChI=1S/C36H36O4S2/c37-41(38)21-33-17-25-1-2-26-6-10-30(14-13-29(33)9-5-25)34(18-26)22-42(39,40)24-36-20-28-4-3-27-7-11-31(35(19-27)23-41)15-16-32(36)12-8-28/h5-12,17-20H,1-4,13-16,21-24H2. The van der Waals surface area contributed by atoms with Crippen molar-refractivity contribution in [1.82, 2.24) is 0 Å². The molecule has 216 valence electrons. The summed E-state index contributed by atoms with van der Waals surface area (Å²) >= 11 is 0. The molecule has 0 fully saturated rings. The molecule has 0 N–H and O–H groups in total. The summed E-state index contributed by atoms with van der Waals surface area (Å²) in [5.74, 6) is 0.0698. The third kappa shape index (κ3) is 5.97. The van der Waals surface area contributed by atoms with E-state index in [0.717, 1.165) is 92.4 Å². The zero-order chi connectivity index (χ0) is 28.9. The van der Waals surface area contributed by atoms with Crippen molar-refractivity contribution in [3.8, 4) is 0 Å². The Labute approximate surface area is 249 Å². The molecule has 9 aliphatic rings. The van der Waals surface area contributed by atoms with Crippen molar-refractivity contribution >= 4 is 19.7 Å². The van der Waals surface area contributed by atoms with Crippen molar-refractivity contribution in [3.05, 3.63) is 140 Å². The molecular weight excluding hydrogens is 561 g/mol. The van der Waals surface area contributed by atoms with Gasteiger partial charge in [-0.1, -0.05) is 72.8 Å². The van der Waals surface area contributed by atoms with Crippen LogP contribution in [0, 0.1) is 0 Å². The molecule has 1 heterocycles. The van der Waals surface area contributed by atoms with Crippen LogP contribution >= 0.6 is 0 Å². The molecule has 8 aliphatic carbocycles. The highest BCUT2D eigenvalue weighted by Gasteiger charge is 2.23. The van der Waals surface area contributed by atoms with Crippen LogP contribution in [0.4, 0.5) is 0 Å². The van der Waals surface area contributed by atoms with Gasteiger partial charge in [0.25, 0.3) is 0 Å². The fraction of sp³-hybridized carbons (Fsp3) is 0.333. The monoisotopic (exact) mass is 596 g/mol. The van der Waals surface area contributed by atoms with Crippen molar-refractivity contribution in [2.75, 3.05) is 0 Å². The highest BCUT2D eigenvalue weighted by molar-refractivity contribution is 7.90. The number of benzene rings is 4. The Morgan fingerprint density at radius 3 is 0.786 bits per heavy atom. The summed E-state index contributed by atoms with van der Waals surface area (Å²) < 4.78 is 55.4. The molecule has 0 radical (unpaired) electrons. The molecule has 0 spiro atoms. The van der Waals surface area contributed by atoms with Crippen LogP contribution < -0.4 is 0 Å². The third-order valence-corrected chi connectivity index (χ3v) is 12.3. The second kappa shape index (κ2) is 10.8. The fourth-order valence-corrected chi connectivity index (χ4v) is 10.2. The minimum absolute atomic E-state index is 0.0174. The number of hydrogen-bond donors (Lipinski definition) is 0. The van der Waals surface area contributed by atoms with E-state index in [9.17, 15) is 16.8 Å². The van der Waals surface area contributed by atoms with E-state index in [0.29, 0.717) is 25.7 Å². The molecule has 0 aromatic heterocycles. The first-order valence-corrected chi connectivity index (χ1v) is 18.7. The normalized spacial score (nSPS) is 19.0. The van der Waals surface area contributed by atoms with E-state index in [2.05, 4.69) is 72.8 Å². The van der Waals surface area contributed by atoms with Crippen LogP contribution in [0.3, 0.4) is 0 Å². The predicted molar refractivity (Wildman–Crippen MR) is 168 cm³/mol. The molecule has 0 atom stereocenters. The number of sulfone groups is 2. The van der Waals surface area contributed by atoms with Crippen LogP contribution in [0.15, 0.2) is 72.8 Å². The Bertz CT molecular complexity index is 1650. The molecule has 6 heteroatoms. The van der Waals surface area contributed by atoms with E-state index >= 15 is 0 Å². The molecule has 0 saturated heterocycles. The molecule has 0 saturated carbocycles. The van der Waals surface area contributed by atoms with E-state index < -0.39 is 19.7 Å². The van der Waals surface area contributed by atoms with Gasteiger partial charge >= 0.3 is 0 Å². The Morgan fingerprint density at radius 1 is 0.310 bits per heavy atom. The third-order valence-electron chi connectivity index (χ3n) is 9.32. The van der Waals surface area contributed by atoms with E-state index in [1.165, 1.54) is 0 Å². The second-order valence-corrected chi connectivity index (χ2v) is 16.6. The maximum absolute atomic E-state index is 13.9. The van der Waals surface area contributed by atoms with Crippen LogP contribution in [-0.2, 0) is 94.1 Å². The lowest BCUT2D eigenvalue weighted by atomic mass is 9.91. The van der Waals surface area contributed by atoms with Crippen LogP contribution in [0.25, 0.3) is 0 Å². The van der Waals surface area contributed by atoms with Crippen molar-refractivity contribution in [3.63, 3.8) is 0 Å². The van der Waals surface area contributed by atoms with Gasteiger partial charge in [-0.15, -0.1) is 0 Å². The first-order valence-electron chi connectivity index (χ1n) is 15.0. The number of rotatable bonds is 0. The van der Waals surface area contributed by atoms with Crippen LogP contribution in [-0.4, -0.2) is 16.8 Å². The van der Waals surface area contributed by atoms with Crippen LogP contribution in [0.2, 0.25) is 0 Å². The predicted octanol–water partition coefficient (Wildman–Crippen LogP) is 6.00. The summed E-state index contributed by atoms with van der Waals surface area (Å²) in [6.45, 7) is 0. The van der Waals surface area contributed by atoms with E-state index in [-0.39, 0.29) is 23.0 Å². The summed E-state index contributed by atoms with van der Waals surface area (Å²) in [7, 11) is -6.87. The molecule has 4 aromatic carbocycles. The van der Waals surface area contributed by atoms with Gasteiger partial charge in [-0.25, -0.2) is 16.8 Å². The van der Waals surface area contributed by atoms with Crippen molar-refractivity contribution in [1.29, 1.82) is 0 Å². The van der Waals surface area contributed by atoms with Gasteiger partial charge in [-0.2, -0.15) is 0 Å². The molecule has 4 nitrogen and oxygen atoms in total. The van der Waals surface area contributed by atoms with Gasteiger partial charge in [0, 0.05) is 0 Å². The topological polar surface area (TPSA) is 68.3 Å². The fourth-order valence-electron chi connectivity index (χ4n) is 7.02. The quantitative estimate of drug-likeness (QED) is 0.250. The first kappa shape index (κ1) is 27.6. The van der Waals surface area contributed by atoms with Crippen molar-refractivity contribution in [2.45, 2.75) is 74.4 Å². The van der Waals surface area contributed by atoms with Gasteiger partial charge in [0.1, 0.15) is 0 Å². The summed E-state index contributed by atoms with van der Waals surface area (Å²) in [6, 6.07) is 25.3.